The van der Waals surface area contributed by atoms with Gasteiger partial charge in [-0.25, -0.2) is 12.8 Å². The highest BCUT2D eigenvalue weighted by atomic mass is 32.2. The Bertz CT molecular complexity index is 941. The Morgan fingerprint density at radius 2 is 2.00 bits per heavy atom. The zero-order valence-corrected chi connectivity index (χ0v) is 16.1. The summed E-state index contributed by atoms with van der Waals surface area (Å²) in [6, 6.07) is 10.2. The molecule has 0 radical (unpaired) electrons. The van der Waals surface area contributed by atoms with E-state index in [4.69, 9.17) is 9.47 Å². The van der Waals surface area contributed by atoms with Crippen LogP contribution in [0.15, 0.2) is 42.5 Å². The monoisotopic (exact) mass is 408 g/mol. The lowest BCUT2D eigenvalue weighted by Crippen LogP contribution is -2.16. The Kier molecular flexibility index (Phi) is 6.15. The SMILES string of the molecule is CS(=O)(=O)Nc1cc(NC(=O)c2ccc(OCC3CCCO3)cc2)ccc1F. The predicted octanol–water partition coefficient (Wildman–Crippen LogP) is 3.01. The first-order valence-corrected chi connectivity index (χ1v) is 10.6. The fourth-order valence-corrected chi connectivity index (χ4v) is 3.31. The quantitative estimate of drug-likeness (QED) is 0.735. The summed E-state index contributed by atoms with van der Waals surface area (Å²) in [4.78, 5) is 12.4. The van der Waals surface area contributed by atoms with Crippen molar-refractivity contribution in [2.45, 2.75) is 18.9 Å². The van der Waals surface area contributed by atoms with Gasteiger partial charge in [-0.1, -0.05) is 0 Å². The van der Waals surface area contributed by atoms with Crippen LogP contribution < -0.4 is 14.8 Å². The van der Waals surface area contributed by atoms with E-state index in [1.165, 1.54) is 12.1 Å². The van der Waals surface area contributed by atoms with E-state index in [9.17, 15) is 17.6 Å². The Labute approximate surface area is 162 Å². The van der Waals surface area contributed by atoms with Crippen LogP contribution in [0.1, 0.15) is 23.2 Å². The molecule has 9 heteroatoms. The van der Waals surface area contributed by atoms with Crippen molar-refractivity contribution in [2.75, 3.05) is 29.5 Å². The minimum absolute atomic E-state index is 0.108. The van der Waals surface area contributed by atoms with Gasteiger partial charge in [-0.2, -0.15) is 0 Å². The first-order chi connectivity index (χ1) is 13.3. The molecule has 2 aromatic carbocycles. The van der Waals surface area contributed by atoms with Crippen LogP contribution in [-0.4, -0.2) is 39.9 Å². The third kappa shape index (κ3) is 5.67. The number of hydrogen-bond acceptors (Lipinski definition) is 5. The van der Waals surface area contributed by atoms with Gasteiger partial charge in [0.25, 0.3) is 5.91 Å². The molecule has 1 saturated heterocycles. The van der Waals surface area contributed by atoms with Gasteiger partial charge in [-0.05, 0) is 55.3 Å². The molecule has 150 valence electrons. The van der Waals surface area contributed by atoms with Crippen LogP contribution in [0.2, 0.25) is 0 Å². The average Bonchev–Trinajstić information content (AvgIpc) is 3.15. The summed E-state index contributed by atoms with van der Waals surface area (Å²) >= 11 is 0. The molecule has 3 rings (SSSR count). The first kappa shape index (κ1) is 20.1. The maximum absolute atomic E-state index is 13.7. The van der Waals surface area contributed by atoms with Gasteiger partial charge in [0.15, 0.2) is 0 Å². The van der Waals surface area contributed by atoms with Gasteiger partial charge < -0.3 is 14.8 Å². The Morgan fingerprint density at radius 1 is 1.25 bits per heavy atom. The van der Waals surface area contributed by atoms with Crippen molar-refractivity contribution in [3.8, 4) is 5.75 Å². The second-order valence-corrected chi connectivity index (χ2v) is 8.24. The molecule has 2 aromatic rings. The van der Waals surface area contributed by atoms with Crippen molar-refractivity contribution >= 4 is 27.3 Å². The number of nitrogens with one attached hydrogen (secondary N) is 2. The molecule has 0 saturated carbocycles. The van der Waals surface area contributed by atoms with Crippen LogP contribution in [0.25, 0.3) is 0 Å². The summed E-state index contributed by atoms with van der Waals surface area (Å²) in [5, 5.41) is 2.61. The van der Waals surface area contributed by atoms with E-state index < -0.39 is 21.7 Å². The largest absolute Gasteiger partial charge is 0.491 e. The number of anilines is 2. The number of ether oxygens (including phenoxy) is 2. The highest BCUT2D eigenvalue weighted by molar-refractivity contribution is 7.92. The van der Waals surface area contributed by atoms with E-state index in [2.05, 4.69) is 10.0 Å². The molecule has 1 amide bonds. The number of rotatable bonds is 7. The molecule has 1 fully saturated rings. The van der Waals surface area contributed by atoms with Crippen molar-refractivity contribution in [2.24, 2.45) is 0 Å². The van der Waals surface area contributed by atoms with Crippen LogP contribution in [0.3, 0.4) is 0 Å². The van der Waals surface area contributed by atoms with E-state index >= 15 is 0 Å². The fraction of sp³-hybridized carbons (Fsp3) is 0.316. The lowest BCUT2D eigenvalue weighted by atomic mass is 10.2. The van der Waals surface area contributed by atoms with E-state index in [-0.39, 0.29) is 17.5 Å². The van der Waals surface area contributed by atoms with Gasteiger partial charge in [0.1, 0.15) is 18.2 Å². The second kappa shape index (κ2) is 8.57. The Morgan fingerprint density at radius 3 is 2.64 bits per heavy atom. The maximum Gasteiger partial charge on any atom is 0.255 e. The number of benzene rings is 2. The molecule has 1 unspecified atom stereocenters. The van der Waals surface area contributed by atoms with Gasteiger partial charge in [0.05, 0.1) is 18.0 Å². The highest BCUT2D eigenvalue weighted by Crippen LogP contribution is 2.22. The number of halogens is 1. The van der Waals surface area contributed by atoms with Crippen molar-refractivity contribution in [3.63, 3.8) is 0 Å². The second-order valence-electron chi connectivity index (χ2n) is 6.49. The molecular formula is C19H21FN2O5S. The first-order valence-electron chi connectivity index (χ1n) is 8.73. The number of sulfonamides is 1. The van der Waals surface area contributed by atoms with Gasteiger partial charge >= 0.3 is 0 Å². The minimum Gasteiger partial charge on any atom is -0.491 e. The lowest BCUT2D eigenvalue weighted by Gasteiger charge is -2.12. The normalized spacial score (nSPS) is 16.6. The van der Waals surface area contributed by atoms with Crippen LogP contribution in [0, 0.1) is 5.82 Å². The van der Waals surface area contributed by atoms with Crippen LogP contribution in [0.5, 0.6) is 5.75 Å². The predicted molar refractivity (Wildman–Crippen MR) is 104 cm³/mol. The molecule has 0 bridgehead atoms. The topological polar surface area (TPSA) is 93.7 Å². The number of carbonyl (C=O) groups excluding carboxylic acids is 1. The highest BCUT2D eigenvalue weighted by Gasteiger charge is 2.16. The summed E-state index contributed by atoms with van der Waals surface area (Å²) in [5.41, 5.74) is 0.404. The molecule has 0 aromatic heterocycles. The summed E-state index contributed by atoms with van der Waals surface area (Å²) < 4.78 is 49.5. The molecular weight excluding hydrogens is 387 g/mol. The Hall–Kier alpha value is -2.65. The van der Waals surface area contributed by atoms with Crippen LogP contribution >= 0.6 is 0 Å². The van der Waals surface area contributed by atoms with Crippen molar-refractivity contribution in [1.82, 2.24) is 0 Å². The zero-order valence-electron chi connectivity index (χ0n) is 15.3. The summed E-state index contributed by atoms with van der Waals surface area (Å²) in [6.45, 7) is 1.23. The standard InChI is InChI=1S/C19H21FN2O5S/c1-28(24,25)22-18-11-14(6-9-17(18)20)21-19(23)13-4-7-15(8-5-13)27-12-16-3-2-10-26-16/h4-9,11,16,22H,2-3,10,12H2,1H3,(H,21,23). The van der Waals surface area contributed by atoms with Crippen LogP contribution in [-0.2, 0) is 14.8 Å². The summed E-state index contributed by atoms with van der Waals surface area (Å²) in [6.07, 6.45) is 3.04. The van der Waals surface area contributed by atoms with Gasteiger partial charge in [-0.3, -0.25) is 9.52 Å². The summed E-state index contributed by atoms with van der Waals surface area (Å²) in [7, 11) is -3.64. The molecule has 1 heterocycles. The lowest BCUT2D eigenvalue weighted by molar-refractivity contribution is 0.0679. The van der Waals surface area contributed by atoms with E-state index in [0.29, 0.717) is 17.9 Å². The minimum atomic E-state index is -3.64. The van der Waals surface area contributed by atoms with Crippen molar-refractivity contribution in [1.29, 1.82) is 0 Å². The van der Waals surface area contributed by atoms with Gasteiger partial charge in [-0.15, -0.1) is 0 Å². The Balaban J connectivity index is 1.61. The third-order valence-electron chi connectivity index (χ3n) is 4.10. The van der Waals surface area contributed by atoms with E-state index in [0.717, 1.165) is 31.8 Å². The smallest absolute Gasteiger partial charge is 0.255 e. The number of hydrogen-bond donors (Lipinski definition) is 2. The molecule has 1 aliphatic rings. The third-order valence-corrected chi connectivity index (χ3v) is 4.69. The number of amides is 1. The zero-order chi connectivity index (χ0) is 20.1. The molecule has 0 aliphatic carbocycles. The average molecular weight is 408 g/mol. The maximum atomic E-state index is 13.7. The van der Waals surface area contributed by atoms with Gasteiger partial charge in [0, 0.05) is 17.9 Å². The molecule has 28 heavy (non-hydrogen) atoms. The molecule has 2 N–H and O–H groups in total. The molecule has 0 spiro atoms. The van der Waals surface area contributed by atoms with Crippen LogP contribution in [0.4, 0.5) is 15.8 Å². The molecule has 7 nitrogen and oxygen atoms in total. The van der Waals surface area contributed by atoms with E-state index in [1.807, 2.05) is 0 Å². The van der Waals surface area contributed by atoms with E-state index in [1.54, 1.807) is 24.3 Å². The fourth-order valence-electron chi connectivity index (χ4n) is 2.75. The van der Waals surface area contributed by atoms with Gasteiger partial charge in [0.2, 0.25) is 10.0 Å². The van der Waals surface area contributed by atoms with Crippen molar-refractivity contribution < 1.29 is 27.1 Å². The molecule has 1 atom stereocenters. The summed E-state index contributed by atoms with van der Waals surface area (Å²) in [5.74, 6) is -0.521. The van der Waals surface area contributed by atoms with Crippen molar-refractivity contribution in [3.05, 3.63) is 53.8 Å². The number of carbonyl (C=O) groups is 1. The molecule has 1 aliphatic heterocycles.